The summed E-state index contributed by atoms with van der Waals surface area (Å²) >= 11 is 3.52. The van der Waals surface area contributed by atoms with Crippen molar-refractivity contribution in [2.45, 2.75) is 45.2 Å². The number of aromatic nitrogens is 2. The number of halogens is 1. The van der Waals surface area contributed by atoms with E-state index in [0.29, 0.717) is 17.8 Å². The molecule has 0 amide bonds. The van der Waals surface area contributed by atoms with Gasteiger partial charge in [0.05, 0.1) is 12.1 Å². The van der Waals surface area contributed by atoms with Crippen molar-refractivity contribution in [3.05, 3.63) is 34.6 Å². The van der Waals surface area contributed by atoms with Gasteiger partial charge < -0.3 is 4.42 Å². The van der Waals surface area contributed by atoms with E-state index in [4.69, 9.17) is 4.42 Å². The Morgan fingerprint density at radius 3 is 2.64 bits per heavy atom. The Morgan fingerprint density at radius 2 is 1.91 bits per heavy atom. The van der Waals surface area contributed by atoms with Crippen LogP contribution in [0, 0.1) is 5.92 Å². The van der Waals surface area contributed by atoms with E-state index < -0.39 is 0 Å². The maximum atomic E-state index is 5.84. The van der Waals surface area contributed by atoms with Crippen molar-refractivity contribution < 1.29 is 4.42 Å². The Balaban J connectivity index is 1.66. The molecule has 0 radical (unpaired) electrons. The van der Waals surface area contributed by atoms with Crippen molar-refractivity contribution in [2.75, 3.05) is 7.05 Å². The maximum absolute atomic E-state index is 5.84. The molecule has 3 rings (SSSR count). The summed E-state index contributed by atoms with van der Waals surface area (Å²) < 4.78 is 6.81. The molecular formula is C17H22BrN3O. The fourth-order valence-electron chi connectivity index (χ4n) is 3.09. The van der Waals surface area contributed by atoms with E-state index in [1.54, 1.807) is 0 Å². The summed E-state index contributed by atoms with van der Waals surface area (Å²) in [4.78, 5) is 2.35. The molecule has 1 aliphatic rings. The van der Waals surface area contributed by atoms with Crippen LogP contribution in [-0.2, 0) is 6.54 Å². The Morgan fingerprint density at radius 1 is 1.18 bits per heavy atom. The SMILES string of the molecule is CC1CCC(N(C)Cc2nnc(-c3ccccc3Br)o2)CC1. The van der Waals surface area contributed by atoms with Gasteiger partial charge in [0.1, 0.15) is 0 Å². The highest BCUT2D eigenvalue weighted by Crippen LogP contribution is 2.29. The summed E-state index contributed by atoms with van der Waals surface area (Å²) in [5.41, 5.74) is 0.940. The summed E-state index contributed by atoms with van der Waals surface area (Å²) in [7, 11) is 2.16. The van der Waals surface area contributed by atoms with Crippen molar-refractivity contribution in [1.82, 2.24) is 15.1 Å². The fourth-order valence-corrected chi connectivity index (χ4v) is 3.54. The first kappa shape index (κ1) is 15.7. The second-order valence-electron chi connectivity index (χ2n) is 6.31. The van der Waals surface area contributed by atoms with E-state index in [2.05, 4.69) is 45.0 Å². The predicted molar refractivity (Wildman–Crippen MR) is 90.3 cm³/mol. The molecule has 22 heavy (non-hydrogen) atoms. The Bertz CT molecular complexity index is 620. The second-order valence-corrected chi connectivity index (χ2v) is 7.16. The highest BCUT2D eigenvalue weighted by atomic mass is 79.9. The lowest BCUT2D eigenvalue weighted by Crippen LogP contribution is -2.34. The Labute approximate surface area is 140 Å². The smallest absolute Gasteiger partial charge is 0.248 e. The van der Waals surface area contributed by atoms with Crippen LogP contribution in [0.15, 0.2) is 33.2 Å². The molecule has 118 valence electrons. The molecule has 0 N–H and O–H groups in total. The molecule has 1 aliphatic carbocycles. The van der Waals surface area contributed by atoms with E-state index in [9.17, 15) is 0 Å². The molecule has 0 atom stereocenters. The zero-order valence-electron chi connectivity index (χ0n) is 13.1. The van der Waals surface area contributed by atoms with Crippen LogP contribution < -0.4 is 0 Å². The van der Waals surface area contributed by atoms with E-state index in [-0.39, 0.29) is 0 Å². The molecular weight excluding hydrogens is 342 g/mol. The van der Waals surface area contributed by atoms with E-state index in [1.807, 2.05) is 24.3 Å². The largest absolute Gasteiger partial charge is 0.419 e. The van der Waals surface area contributed by atoms with E-state index >= 15 is 0 Å². The highest BCUT2D eigenvalue weighted by molar-refractivity contribution is 9.10. The second kappa shape index (κ2) is 6.92. The third-order valence-electron chi connectivity index (χ3n) is 4.56. The normalized spacial score (nSPS) is 22.2. The maximum Gasteiger partial charge on any atom is 0.248 e. The number of benzene rings is 1. The minimum Gasteiger partial charge on any atom is -0.419 e. The molecule has 0 spiro atoms. The minimum atomic E-state index is 0.577. The Hall–Kier alpha value is -1.20. The van der Waals surface area contributed by atoms with Crippen LogP contribution in [0.25, 0.3) is 11.5 Å². The number of hydrogen-bond acceptors (Lipinski definition) is 4. The van der Waals surface area contributed by atoms with E-state index in [0.717, 1.165) is 22.5 Å². The van der Waals surface area contributed by atoms with Gasteiger partial charge in [-0.25, -0.2) is 0 Å². The summed E-state index contributed by atoms with van der Waals surface area (Å²) in [5, 5.41) is 8.39. The van der Waals surface area contributed by atoms with Crippen LogP contribution in [0.1, 0.15) is 38.5 Å². The lowest BCUT2D eigenvalue weighted by Gasteiger charge is -2.32. The third kappa shape index (κ3) is 3.58. The molecule has 5 heteroatoms. The first-order valence-electron chi connectivity index (χ1n) is 7.91. The van der Waals surface area contributed by atoms with Gasteiger partial charge in [0.25, 0.3) is 0 Å². The van der Waals surface area contributed by atoms with Crippen LogP contribution >= 0.6 is 15.9 Å². The molecule has 1 aromatic heterocycles. The first-order valence-corrected chi connectivity index (χ1v) is 8.70. The number of hydrogen-bond donors (Lipinski definition) is 0. The molecule has 4 nitrogen and oxygen atoms in total. The summed E-state index contributed by atoms with van der Waals surface area (Å²) in [6.45, 7) is 3.06. The molecule has 0 aliphatic heterocycles. The number of rotatable bonds is 4. The third-order valence-corrected chi connectivity index (χ3v) is 5.26. The zero-order valence-corrected chi connectivity index (χ0v) is 14.7. The molecule has 1 aromatic carbocycles. The molecule has 0 bridgehead atoms. The van der Waals surface area contributed by atoms with Gasteiger partial charge >= 0.3 is 0 Å². The van der Waals surface area contributed by atoms with Crippen molar-refractivity contribution in [3.63, 3.8) is 0 Å². The molecule has 0 unspecified atom stereocenters. The first-order chi connectivity index (χ1) is 10.6. The molecule has 0 saturated heterocycles. The van der Waals surface area contributed by atoms with Crippen LogP contribution in [0.3, 0.4) is 0 Å². The minimum absolute atomic E-state index is 0.577. The van der Waals surface area contributed by atoms with Gasteiger partial charge in [-0.1, -0.05) is 19.1 Å². The summed E-state index contributed by atoms with van der Waals surface area (Å²) in [5.74, 6) is 2.13. The van der Waals surface area contributed by atoms with Gasteiger partial charge in [-0.15, -0.1) is 10.2 Å². The van der Waals surface area contributed by atoms with Crippen LogP contribution in [0.2, 0.25) is 0 Å². The summed E-state index contributed by atoms with van der Waals surface area (Å²) in [6, 6.07) is 8.54. The monoisotopic (exact) mass is 363 g/mol. The van der Waals surface area contributed by atoms with Crippen LogP contribution in [0.5, 0.6) is 0 Å². The lowest BCUT2D eigenvalue weighted by molar-refractivity contribution is 0.152. The molecule has 1 fully saturated rings. The standard InChI is InChI=1S/C17H22BrN3O/c1-12-7-9-13(10-8-12)21(2)11-16-19-20-17(22-16)14-5-3-4-6-15(14)18/h3-6,12-13H,7-11H2,1-2H3. The fraction of sp³-hybridized carbons (Fsp3) is 0.529. The van der Waals surface area contributed by atoms with Crippen molar-refractivity contribution >= 4 is 15.9 Å². The average molecular weight is 364 g/mol. The topological polar surface area (TPSA) is 42.2 Å². The van der Waals surface area contributed by atoms with Crippen molar-refractivity contribution in [3.8, 4) is 11.5 Å². The average Bonchev–Trinajstić information content (AvgIpc) is 2.96. The van der Waals surface area contributed by atoms with Crippen LogP contribution in [-0.4, -0.2) is 28.2 Å². The van der Waals surface area contributed by atoms with Gasteiger partial charge in [-0.05, 0) is 66.7 Å². The lowest BCUT2D eigenvalue weighted by atomic mass is 9.87. The highest BCUT2D eigenvalue weighted by Gasteiger charge is 2.23. The van der Waals surface area contributed by atoms with Gasteiger partial charge in [-0.3, -0.25) is 4.90 Å². The predicted octanol–water partition coefficient (Wildman–Crippen LogP) is 4.51. The van der Waals surface area contributed by atoms with Crippen LogP contribution in [0.4, 0.5) is 0 Å². The zero-order chi connectivity index (χ0) is 15.5. The summed E-state index contributed by atoms with van der Waals surface area (Å²) in [6.07, 6.45) is 5.17. The van der Waals surface area contributed by atoms with Gasteiger partial charge in [0.15, 0.2) is 0 Å². The van der Waals surface area contributed by atoms with Gasteiger partial charge in [0.2, 0.25) is 11.8 Å². The van der Waals surface area contributed by atoms with Gasteiger partial charge in [-0.2, -0.15) is 0 Å². The van der Waals surface area contributed by atoms with Crippen molar-refractivity contribution in [1.29, 1.82) is 0 Å². The number of nitrogens with zero attached hydrogens (tertiary/aromatic N) is 3. The van der Waals surface area contributed by atoms with Crippen molar-refractivity contribution in [2.24, 2.45) is 5.92 Å². The quantitative estimate of drug-likeness (QED) is 0.801. The molecule has 1 saturated carbocycles. The van der Waals surface area contributed by atoms with Gasteiger partial charge in [0, 0.05) is 10.5 Å². The molecule has 1 heterocycles. The van der Waals surface area contributed by atoms with E-state index in [1.165, 1.54) is 25.7 Å². The Kier molecular flexibility index (Phi) is 4.93. The molecule has 2 aromatic rings.